The molecular weight excluding hydrogens is 238 g/mol. The Balaban J connectivity index is 3.73. The standard InChI is InChI=1S/C16H31NO2/c1-5-8-9-10-11-12-13-19-16(18)15(4)14-17(6-2)7-3/h14H,5-13H2,1-4H3/b15-14+. The van der Waals surface area contributed by atoms with Crippen molar-refractivity contribution in [2.24, 2.45) is 0 Å². The van der Waals surface area contributed by atoms with Gasteiger partial charge >= 0.3 is 5.97 Å². The third-order valence-corrected chi connectivity index (χ3v) is 3.24. The van der Waals surface area contributed by atoms with Crippen LogP contribution in [0.3, 0.4) is 0 Å². The number of rotatable bonds is 11. The molecule has 0 aromatic carbocycles. The van der Waals surface area contributed by atoms with Crippen molar-refractivity contribution in [1.29, 1.82) is 0 Å². The first kappa shape index (κ1) is 18.0. The van der Waals surface area contributed by atoms with Crippen LogP contribution in [0.1, 0.15) is 66.2 Å². The van der Waals surface area contributed by atoms with Gasteiger partial charge in [0.25, 0.3) is 0 Å². The van der Waals surface area contributed by atoms with E-state index in [1.54, 1.807) is 0 Å². The Kier molecular flexibility index (Phi) is 11.4. The summed E-state index contributed by atoms with van der Waals surface area (Å²) in [6, 6.07) is 0. The molecule has 0 aromatic heterocycles. The van der Waals surface area contributed by atoms with Crippen molar-refractivity contribution in [2.75, 3.05) is 19.7 Å². The van der Waals surface area contributed by atoms with Gasteiger partial charge in [-0.2, -0.15) is 0 Å². The maximum absolute atomic E-state index is 11.7. The van der Waals surface area contributed by atoms with Crippen molar-refractivity contribution in [3.8, 4) is 0 Å². The fourth-order valence-corrected chi connectivity index (χ4v) is 1.89. The lowest BCUT2D eigenvalue weighted by Gasteiger charge is -2.16. The maximum Gasteiger partial charge on any atom is 0.335 e. The van der Waals surface area contributed by atoms with Crippen LogP contribution in [0.4, 0.5) is 0 Å². The summed E-state index contributed by atoms with van der Waals surface area (Å²) >= 11 is 0. The first-order valence-corrected chi connectivity index (χ1v) is 7.75. The molecule has 0 unspecified atom stereocenters. The van der Waals surface area contributed by atoms with Crippen molar-refractivity contribution in [3.63, 3.8) is 0 Å². The van der Waals surface area contributed by atoms with Crippen LogP contribution in [0.15, 0.2) is 11.8 Å². The molecule has 0 N–H and O–H groups in total. The van der Waals surface area contributed by atoms with E-state index in [4.69, 9.17) is 4.74 Å². The van der Waals surface area contributed by atoms with Crippen molar-refractivity contribution in [3.05, 3.63) is 11.8 Å². The summed E-state index contributed by atoms with van der Waals surface area (Å²) in [5, 5.41) is 0. The van der Waals surface area contributed by atoms with Crippen LogP contribution in [-0.2, 0) is 9.53 Å². The third-order valence-electron chi connectivity index (χ3n) is 3.24. The Morgan fingerprint density at radius 3 is 2.16 bits per heavy atom. The topological polar surface area (TPSA) is 29.5 Å². The summed E-state index contributed by atoms with van der Waals surface area (Å²) in [7, 11) is 0. The smallest absolute Gasteiger partial charge is 0.335 e. The Hall–Kier alpha value is -0.990. The van der Waals surface area contributed by atoms with Gasteiger partial charge in [-0.15, -0.1) is 0 Å². The van der Waals surface area contributed by atoms with Crippen molar-refractivity contribution >= 4 is 5.97 Å². The zero-order chi connectivity index (χ0) is 14.5. The second-order valence-corrected chi connectivity index (χ2v) is 4.94. The Labute approximate surface area is 119 Å². The van der Waals surface area contributed by atoms with Crippen LogP contribution in [0.25, 0.3) is 0 Å². The highest BCUT2D eigenvalue weighted by atomic mass is 16.5. The highest BCUT2D eigenvalue weighted by Gasteiger charge is 2.06. The quantitative estimate of drug-likeness (QED) is 0.321. The number of carbonyl (C=O) groups excluding carboxylic acids is 1. The van der Waals surface area contributed by atoms with Crippen molar-refractivity contribution in [2.45, 2.75) is 66.2 Å². The molecule has 0 spiro atoms. The van der Waals surface area contributed by atoms with Gasteiger partial charge in [0.1, 0.15) is 0 Å². The fraction of sp³-hybridized carbons (Fsp3) is 0.812. The van der Waals surface area contributed by atoms with Crippen LogP contribution in [0.5, 0.6) is 0 Å². The predicted octanol–water partition coefficient (Wildman–Crippen LogP) is 4.14. The highest BCUT2D eigenvalue weighted by molar-refractivity contribution is 5.87. The average Bonchev–Trinajstić information content (AvgIpc) is 2.43. The van der Waals surface area contributed by atoms with Crippen molar-refractivity contribution in [1.82, 2.24) is 4.90 Å². The number of carbonyl (C=O) groups is 1. The van der Waals surface area contributed by atoms with E-state index in [0.717, 1.165) is 25.9 Å². The van der Waals surface area contributed by atoms with Gasteiger partial charge in [-0.1, -0.05) is 39.0 Å². The van der Waals surface area contributed by atoms with Crippen LogP contribution in [-0.4, -0.2) is 30.6 Å². The molecule has 0 saturated heterocycles. The number of hydrogen-bond donors (Lipinski definition) is 0. The van der Waals surface area contributed by atoms with Gasteiger partial charge in [0.2, 0.25) is 0 Å². The molecule has 0 fully saturated rings. The third kappa shape index (κ3) is 9.57. The zero-order valence-electron chi connectivity index (χ0n) is 13.2. The number of unbranched alkanes of at least 4 members (excludes halogenated alkanes) is 5. The van der Waals surface area contributed by atoms with Crippen LogP contribution in [0.2, 0.25) is 0 Å². The van der Waals surface area contributed by atoms with Gasteiger partial charge in [-0.3, -0.25) is 0 Å². The molecule has 3 nitrogen and oxygen atoms in total. The first-order chi connectivity index (χ1) is 9.15. The number of esters is 1. The molecule has 112 valence electrons. The minimum Gasteiger partial charge on any atom is -0.462 e. The molecule has 0 bridgehead atoms. The summed E-state index contributed by atoms with van der Waals surface area (Å²) in [4.78, 5) is 13.8. The molecule has 0 amide bonds. The van der Waals surface area contributed by atoms with Gasteiger partial charge < -0.3 is 9.64 Å². The molecule has 3 heteroatoms. The van der Waals surface area contributed by atoms with Gasteiger partial charge in [-0.05, 0) is 27.2 Å². The maximum atomic E-state index is 11.7. The molecule has 0 saturated carbocycles. The SMILES string of the molecule is CCCCCCCCOC(=O)/C(C)=C/N(CC)CC. The van der Waals surface area contributed by atoms with E-state index < -0.39 is 0 Å². The summed E-state index contributed by atoms with van der Waals surface area (Å²) in [5.74, 6) is -0.180. The minimum atomic E-state index is -0.180. The first-order valence-electron chi connectivity index (χ1n) is 7.75. The Morgan fingerprint density at radius 2 is 1.58 bits per heavy atom. The summed E-state index contributed by atoms with van der Waals surface area (Å²) in [5.41, 5.74) is 0.690. The van der Waals surface area contributed by atoms with E-state index in [2.05, 4.69) is 25.7 Å². The van der Waals surface area contributed by atoms with E-state index in [0.29, 0.717) is 12.2 Å². The molecule has 0 heterocycles. The lowest BCUT2D eigenvalue weighted by molar-refractivity contribution is -0.139. The summed E-state index contributed by atoms with van der Waals surface area (Å²) < 4.78 is 5.27. The van der Waals surface area contributed by atoms with E-state index in [-0.39, 0.29) is 5.97 Å². The van der Waals surface area contributed by atoms with Crippen LogP contribution < -0.4 is 0 Å². The second kappa shape index (κ2) is 12.1. The van der Waals surface area contributed by atoms with E-state index in [1.165, 1.54) is 25.7 Å². The molecule has 0 aliphatic rings. The second-order valence-electron chi connectivity index (χ2n) is 4.94. The number of ether oxygens (including phenoxy) is 1. The summed E-state index contributed by atoms with van der Waals surface area (Å²) in [6.07, 6.45) is 9.16. The lowest BCUT2D eigenvalue weighted by atomic mass is 10.1. The van der Waals surface area contributed by atoms with Crippen LogP contribution >= 0.6 is 0 Å². The molecule has 0 aliphatic carbocycles. The minimum absolute atomic E-state index is 0.180. The van der Waals surface area contributed by atoms with Crippen LogP contribution in [0, 0.1) is 0 Å². The molecule has 0 radical (unpaired) electrons. The molecule has 0 aliphatic heterocycles. The molecule has 0 atom stereocenters. The average molecular weight is 269 g/mol. The van der Waals surface area contributed by atoms with Gasteiger partial charge in [0.05, 0.1) is 6.61 Å². The zero-order valence-corrected chi connectivity index (χ0v) is 13.2. The Bertz CT molecular complexity index is 257. The van der Waals surface area contributed by atoms with Gasteiger partial charge in [0.15, 0.2) is 0 Å². The molecule has 0 aromatic rings. The normalized spacial score (nSPS) is 11.5. The van der Waals surface area contributed by atoms with E-state index >= 15 is 0 Å². The molecule has 0 rings (SSSR count). The van der Waals surface area contributed by atoms with E-state index in [9.17, 15) is 4.79 Å². The number of hydrogen-bond acceptors (Lipinski definition) is 3. The monoisotopic (exact) mass is 269 g/mol. The largest absolute Gasteiger partial charge is 0.462 e. The summed E-state index contributed by atoms with van der Waals surface area (Å²) in [6.45, 7) is 10.6. The fourth-order valence-electron chi connectivity index (χ4n) is 1.89. The lowest BCUT2D eigenvalue weighted by Crippen LogP contribution is -2.18. The van der Waals surface area contributed by atoms with E-state index in [1.807, 2.05) is 13.1 Å². The predicted molar refractivity (Wildman–Crippen MR) is 81.0 cm³/mol. The highest BCUT2D eigenvalue weighted by Crippen LogP contribution is 2.06. The number of nitrogens with zero attached hydrogens (tertiary/aromatic N) is 1. The van der Waals surface area contributed by atoms with Crippen molar-refractivity contribution < 1.29 is 9.53 Å². The van der Waals surface area contributed by atoms with Gasteiger partial charge in [-0.25, -0.2) is 4.79 Å². The Morgan fingerprint density at radius 1 is 1.00 bits per heavy atom. The van der Waals surface area contributed by atoms with Gasteiger partial charge in [0, 0.05) is 24.9 Å². The molecule has 19 heavy (non-hydrogen) atoms. The molecular formula is C16H31NO2.